The molecular formula is C26H22Cl2N4O2S. The van der Waals surface area contributed by atoms with Gasteiger partial charge in [0.15, 0.2) is 5.16 Å². The van der Waals surface area contributed by atoms with E-state index >= 15 is 0 Å². The lowest BCUT2D eigenvalue weighted by Crippen LogP contribution is -2.20. The highest BCUT2D eigenvalue weighted by molar-refractivity contribution is 7.99. The average Bonchev–Trinajstić information content (AvgIpc) is 2.82. The summed E-state index contributed by atoms with van der Waals surface area (Å²) in [5, 5.41) is 7.82. The number of halogens is 2. The topological polar surface area (TPSA) is 76.5 Å². The van der Waals surface area contributed by atoms with E-state index in [0.717, 1.165) is 33.3 Å². The van der Waals surface area contributed by atoms with E-state index < -0.39 is 0 Å². The van der Waals surface area contributed by atoms with Crippen molar-refractivity contribution in [1.82, 2.24) is 15.4 Å². The van der Waals surface area contributed by atoms with Crippen molar-refractivity contribution in [3.63, 3.8) is 0 Å². The van der Waals surface area contributed by atoms with Gasteiger partial charge in [0.2, 0.25) is 0 Å². The molecule has 0 saturated carbocycles. The number of benzene rings is 3. The van der Waals surface area contributed by atoms with E-state index in [-0.39, 0.29) is 18.3 Å². The summed E-state index contributed by atoms with van der Waals surface area (Å²) in [7, 11) is 0. The number of nitrogens with zero attached hydrogens (tertiary/aromatic N) is 3. The Morgan fingerprint density at radius 1 is 1.06 bits per heavy atom. The summed E-state index contributed by atoms with van der Waals surface area (Å²) >= 11 is 13.5. The zero-order valence-corrected chi connectivity index (χ0v) is 21.4. The van der Waals surface area contributed by atoms with Crippen molar-refractivity contribution in [2.75, 3.05) is 5.75 Å². The second-order valence-electron chi connectivity index (χ2n) is 7.74. The SMILES string of the molecule is Cc1cc(C)nc(SCC(=O)N/N=C\c2c(OCc3ccc(Cl)cc3Cl)ccc3ccccc23)n1. The maximum atomic E-state index is 12.3. The lowest BCUT2D eigenvalue weighted by Gasteiger charge is -2.13. The first-order valence-corrected chi connectivity index (χ1v) is 12.5. The summed E-state index contributed by atoms with van der Waals surface area (Å²) in [5.41, 5.74) is 5.86. The van der Waals surface area contributed by atoms with E-state index in [1.807, 2.05) is 62.4 Å². The van der Waals surface area contributed by atoms with E-state index in [1.165, 1.54) is 11.8 Å². The molecule has 0 aliphatic carbocycles. The molecule has 1 amide bonds. The molecule has 0 spiro atoms. The lowest BCUT2D eigenvalue weighted by molar-refractivity contribution is -0.118. The van der Waals surface area contributed by atoms with Crippen LogP contribution in [0.2, 0.25) is 10.0 Å². The van der Waals surface area contributed by atoms with Crippen LogP contribution in [0.3, 0.4) is 0 Å². The Kier molecular flexibility index (Phi) is 8.23. The molecule has 4 aromatic rings. The van der Waals surface area contributed by atoms with Gasteiger partial charge in [-0.2, -0.15) is 5.10 Å². The first-order valence-electron chi connectivity index (χ1n) is 10.7. The minimum atomic E-state index is -0.260. The number of hydrazone groups is 1. The fourth-order valence-electron chi connectivity index (χ4n) is 3.42. The Bertz CT molecular complexity index is 1390. The van der Waals surface area contributed by atoms with E-state index in [0.29, 0.717) is 21.0 Å². The summed E-state index contributed by atoms with van der Waals surface area (Å²) in [5.74, 6) is 0.504. The second-order valence-corrected chi connectivity index (χ2v) is 9.52. The molecule has 0 radical (unpaired) electrons. The minimum absolute atomic E-state index is 0.147. The maximum absolute atomic E-state index is 12.3. The van der Waals surface area contributed by atoms with Crippen LogP contribution >= 0.6 is 35.0 Å². The third-order valence-corrected chi connectivity index (χ3v) is 6.44. The number of carbonyl (C=O) groups excluding carboxylic acids is 1. The Hall–Kier alpha value is -3.13. The second kappa shape index (κ2) is 11.5. The smallest absolute Gasteiger partial charge is 0.250 e. The predicted octanol–water partition coefficient (Wildman–Crippen LogP) is 6.37. The summed E-state index contributed by atoms with van der Waals surface area (Å²) in [4.78, 5) is 21.0. The van der Waals surface area contributed by atoms with Gasteiger partial charge in [0.25, 0.3) is 5.91 Å². The van der Waals surface area contributed by atoms with E-state index in [1.54, 1.807) is 18.3 Å². The molecule has 9 heteroatoms. The number of aromatic nitrogens is 2. The van der Waals surface area contributed by atoms with Gasteiger partial charge >= 0.3 is 0 Å². The number of rotatable bonds is 8. The van der Waals surface area contributed by atoms with Gasteiger partial charge in [0, 0.05) is 32.6 Å². The van der Waals surface area contributed by atoms with Crippen molar-refractivity contribution in [1.29, 1.82) is 0 Å². The maximum Gasteiger partial charge on any atom is 0.250 e. The van der Waals surface area contributed by atoms with Gasteiger partial charge in [-0.1, -0.05) is 71.4 Å². The monoisotopic (exact) mass is 524 g/mol. The predicted molar refractivity (Wildman–Crippen MR) is 143 cm³/mol. The molecule has 6 nitrogen and oxygen atoms in total. The molecule has 0 unspecified atom stereocenters. The van der Waals surface area contributed by atoms with Crippen molar-refractivity contribution < 1.29 is 9.53 Å². The zero-order valence-electron chi connectivity index (χ0n) is 19.1. The van der Waals surface area contributed by atoms with Crippen LogP contribution in [0.1, 0.15) is 22.5 Å². The number of ether oxygens (including phenoxy) is 1. The quantitative estimate of drug-likeness (QED) is 0.125. The molecule has 4 rings (SSSR count). The van der Waals surface area contributed by atoms with Crippen molar-refractivity contribution in [2.45, 2.75) is 25.6 Å². The molecule has 0 fully saturated rings. The molecule has 1 aromatic heterocycles. The molecule has 3 aromatic carbocycles. The van der Waals surface area contributed by atoms with Crippen LogP contribution < -0.4 is 10.2 Å². The standard InChI is InChI=1S/C26H22Cl2N4O2S/c1-16-11-17(2)31-26(30-16)35-15-25(33)32-29-13-22-21-6-4-3-5-18(21)8-10-24(22)34-14-19-7-9-20(27)12-23(19)28/h3-13H,14-15H2,1-2H3,(H,32,33)/b29-13-. The number of carbonyl (C=O) groups is 1. The molecule has 178 valence electrons. The highest BCUT2D eigenvalue weighted by atomic mass is 35.5. The third kappa shape index (κ3) is 6.72. The van der Waals surface area contributed by atoms with Gasteiger partial charge in [0.1, 0.15) is 12.4 Å². The lowest BCUT2D eigenvalue weighted by atomic mass is 10.0. The van der Waals surface area contributed by atoms with Crippen LogP contribution in [-0.2, 0) is 11.4 Å². The van der Waals surface area contributed by atoms with Crippen molar-refractivity contribution in [3.8, 4) is 5.75 Å². The van der Waals surface area contributed by atoms with E-state index in [2.05, 4.69) is 20.5 Å². The van der Waals surface area contributed by atoms with Gasteiger partial charge in [0.05, 0.1) is 12.0 Å². The molecule has 0 aliphatic rings. The number of hydrogen-bond acceptors (Lipinski definition) is 6. The van der Waals surface area contributed by atoms with Crippen LogP contribution in [0.25, 0.3) is 10.8 Å². The Morgan fingerprint density at radius 3 is 2.60 bits per heavy atom. The van der Waals surface area contributed by atoms with Gasteiger partial charge in [-0.15, -0.1) is 0 Å². The molecule has 1 heterocycles. The highest BCUT2D eigenvalue weighted by Crippen LogP contribution is 2.29. The third-order valence-electron chi connectivity index (χ3n) is 5.01. The molecule has 0 aliphatic heterocycles. The largest absolute Gasteiger partial charge is 0.488 e. The summed E-state index contributed by atoms with van der Waals surface area (Å²) in [6.45, 7) is 4.05. The van der Waals surface area contributed by atoms with E-state index in [9.17, 15) is 4.79 Å². The number of hydrogen-bond donors (Lipinski definition) is 1. The van der Waals surface area contributed by atoms with Crippen molar-refractivity contribution in [2.24, 2.45) is 5.10 Å². The number of fused-ring (bicyclic) bond motifs is 1. The minimum Gasteiger partial charge on any atom is -0.488 e. The van der Waals surface area contributed by atoms with Crippen LogP contribution in [0, 0.1) is 13.8 Å². The van der Waals surface area contributed by atoms with Crippen LogP contribution in [0.5, 0.6) is 5.75 Å². The molecular weight excluding hydrogens is 503 g/mol. The number of amides is 1. The Labute approximate surface area is 217 Å². The molecule has 0 saturated heterocycles. The van der Waals surface area contributed by atoms with Crippen molar-refractivity contribution in [3.05, 3.63) is 93.2 Å². The van der Waals surface area contributed by atoms with Crippen LogP contribution in [0.15, 0.2) is 70.9 Å². The van der Waals surface area contributed by atoms with Crippen LogP contribution in [0.4, 0.5) is 0 Å². The van der Waals surface area contributed by atoms with E-state index in [4.69, 9.17) is 27.9 Å². The first-order chi connectivity index (χ1) is 16.9. The number of aryl methyl sites for hydroxylation is 2. The van der Waals surface area contributed by atoms with Gasteiger partial charge < -0.3 is 4.74 Å². The summed E-state index contributed by atoms with van der Waals surface area (Å²) < 4.78 is 6.09. The zero-order chi connectivity index (χ0) is 24.8. The number of nitrogens with one attached hydrogen (secondary N) is 1. The molecule has 35 heavy (non-hydrogen) atoms. The average molecular weight is 525 g/mol. The normalized spacial score (nSPS) is 11.2. The Morgan fingerprint density at radius 2 is 1.83 bits per heavy atom. The first kappa shape index (κ1) is 25.0. The van der Waals surface area contributed by atoms with Gasteiger partial charge in [-0.25, -0.2) is 15.4 Å². The number of thioether (sulfide) groups is 1. The summed E-state index contributed by atoms with van der Waals surface area (Å²) in [6.07, 6.45) is 1.59. The Balaban J connectivity index is 1.48. The van der Waals surface area contributed by atoms with Crippen molar-refractivity contribution >= 4 is 57.9 Å². The fourth-order valence-corrected chi connectivity index (χ4v) is 4.62. The molecule has 0 bridgehead atoms. The highest BCUT2D eigenvalue weighted by Gasteiger charge is 2.10. The summed E-state index contributed by atoms with van der Waals surface area (Å²) in [6, 6.07) is 18.9. The molecule has 1 N–H and O–H groups in total. The van der Waals surface area contributed by atoms with Gasteiger partial charge in [-0.3, -0.25) is 4.79 Å². The molecule has 0 atom stereocenters. The van der Waals surface area contributed by atoms with Gasteiger partial charge in [-0.05, 0) is 48.9 Å². The fraction of sp³-hybridized carbons (Fsp3) is 0.154. The van der Waals surface area contributed by atoms with Crippen LogP contribution in [-0.4, -0.2) is 27.8 Å².